The fraction of sp³-hybridized carbons (Fsp3) is 0.333. The number of thioether (sulfide) groups is 1. The van der Waals surface area contributed by atoms with Gasteiger partial charge < -0.3 is 10.5 Å². The van der Waals surface area contributed by atoms with Crippen molar-refractivity contribution >= 4 is 23.1 Å². The number of aryl methyl sites for hydroxylation is 2. The van der Waals surface area contributed by atoms with Crippen molar-refractivity contribution in [2.75, 3.05) is 6.61 Å². The van der Waals surface area contributed by atoms with Gasteiger partial charge in [-0.05, 0) is 49.1 Å². The summed E-state index contributed by atoms with van der Waals surface area (Å²) in [5, 5.41) is 8.71. The molecule has 2 aromatic rings. The van der Waals surface area contributed by atoms with Crippen molar-refractivity contribution in [3.63, 3.8) is 0 Å². The molecule has 0 aliphatic rings. The van der Waals surface area contributed by atoms with Gasteiger partial charge >= 0.3 is 0 Å². The van der Waals surface area contributed by atoms with Gasteiger partial charge in [0.25, 0.3) is 0 Å². The molecule has 0 spiro atoms. The van der Waals surface area contributed by atoms with Gasteiger partial charge in [0.15, 0.2) is 5.17 Å². The molecule has 2 N–H and O–H groups in total. The van der Waals surface area contributed by atoms with Crippen LogP contribution in [-0.4, -0.2) is 18.0 Å². The van der Waals surface area contributed by atoms with E-state index in [0.717, 1.165) is 47.6 Å². The minimum Gasteiger partial charge on any atom is -0.494 e. The first kappa shape index (κ1) is 20.0. The smallest absolute Gasteiger partial charge is 0.180 e. The van der Waals surface area contributed by atoms with Crippen LogP contribution in [0.25, 0.3) is 0 Å². The number of rotatable bonds is 8. The third kappa shape index (κ3) is 6.56. The van der Waals surface area contributed by atoms with Crippen LogP contribution in [0.5, 0.6) is 5.75 Å². The average molecular weight is 370 g/mol. The summed E-state index contributed by atoms with van der Waals surface area (Å²) in [6.07, 6.45) is 3.96. The van der Waals surface area contributed by atoms with E-state index in [1.54, 1.807) is 6.21 Å². The molecule has 2 rings (SSSR count). The van der Waals surface area contributed by atoms with Crippen LogP contribution in [0.2, 0.25) is 0 Å². The third-order valence-corrected chi connectivity index (χ3v) is 4.76. The van der Waals surface area contributed by atoms with Crippen LogP contribution < -0.4 is 10.5 Å². The lowest BCUT2D eigenvalue weighted by Crippen LogP contribution is -2.06. The fourth-order valence-electron chi connectivity index (χ4n) is 2.46. The Morgan fingerprint density at radius 3 is 2.50 bits per heavy atom. The molecule has 4 nitrogen and oxygen atoms in total. The lowest BCUT2D eigenvalue weighted by molar-refractivity contribution is 0.309. The number of hydrogen-bond acceptors (Lipinski definition) is 4. The Kier molecular flexibility index (Phi) is 8.22. The second-order valence-electron chi connectivity index (χ2n) is 6.13. The molecular weight excluding hydrogens is 342 g/mol. The normalized spacial score (nSPS) is 11.9. The Morgan fingerprint density at radius 1 is 1.15 bits per heavy atom. The molecule has 0 aliphatic carbocycles. The first-order chi connectivity index (χ1) is 12.6. The topological polar surface area (TPSA) is 60.0 Å². The van der Waals surface area contributed by atoms with Gasteiger partial charge in [-0.3, -0.25) is 0 Å². The van der Waals surface area contributed by atoms with Crippen LogP contribution in [0.4, 0.5) is 0 Å². The zero-order valence-electron chi connectivity index (χ0n) is 15.7. The molecule has 0 radical (unpaired) electrons. The summed E-state index contributed by atoms with van der Waals surface area (Å²) in [5.41, 5.74) is 10.4. The zero-order chi connectivity index (χ0) is 18.8. The van der Waals surface area contributed by atoms with E-state index >= 15 is 0 Å². The number of nitrogens with two attached hydrogens (primary N) is 1. The number of benzene rings is 2. The third-order valence-electron chi connectivity index (χ3n) is 3.91. The second kappa shape index (κ2) is 10.7. The quantitative estimate of drug-likeness (QED) is 0.306. The Labute approximate surface area is 160 Å². The summed E-state index contributed by atoms with van der Waals surface area (Å²) in [4.78, 5) is 0. The van der Waals surface area contributed by atoms with Crippen molar-refractivity contribution < 1.29 is 4.74 Å². The highest BCUT2D eigenvalue weighted by atomic mass is 32.2. The Bertz CT molecular complexity index is 734. The number of ether oxygens (including phenoxy) is 1. The van der Waals surface area contributed by atoms with E-state index in [4.69, 9.17) is 10.5 Å². The highest BCUT2D eigenvalue weighted by molar-refractivity contribution is 8.13. The highest BCUT2D eigenvalue weighted by Gasteiger charge is 2.04. The van der Waals surface area contributed by atoms with E-state index in [-0.39, 0.29) is 0 Å². The first-order valence-electron chi connectivity index (χ1n) is 8.87. The van der Waals surface area contributed by atoms with Crippen molar-refractivity contribution in [2.24, 2.45) is 15.9 Å². The number of unbranched alkanes of at least 4 members (excludes halogenated alkanes) is 1. The molecule has 0 saturated carbocycles. The van der Waals surface area contributed by atoms with Gasteiger partial charge in [0.05, 0.1) is 12.8 Å². The van der Waals surface area contributed by atoms with Crippen molar-refractivity contribution in [1.82, 2.24) is 0 Å². The van der Waals surface area contributed by atoms with E-state index < -0.39 is 0 Å². The van der Waals surface area contributed by atoms with Gasteiger partial charge in [0.1, 0.15) is 5.75 Å². The summed E-state index contributed by atoms with van der Waals surface area (Å²) < 4.78 is 5.78. The largest absolute Gasteiger partial charge is 0.494 e. The SMILES string of the molecule is CCCCOc1cc(C)c(C=NN=C(N)SCc2ccccc2)c(C)c1. The molecule has 0 saturated heterocycles. The summed E-state index contributed by atoms with van der Waals surface area (Å²) in [6, 6.07) is 14.3. The summed E-state index contributed by atoms with van der Waals surface area (Å²) >= 11 is 1.48. The molecule has 26 heavy (non-hydrogen) atoms. The average Bonchev–Trinajstić information content (AvgIpc) is 2.63. The van der Waals surface area contributed by atoms with Crippen molar-refractivity contribution in [3.8, 4) is 5.75 Å². The molecule has 5 heteroatoms. The van der Waals surface area contributed by atoms with Crippen LogP contribution in [0.15, 0.2) is 52.7 Å². The fourth-order valence-corrected chi connectivity index (χ4v) is 3.07. The minimum absolute atomic E-state index is 0.458. The minimum atomic E-state index is 0.458. The van der Waals surface area contributed by atoms with Gasteiger partial charge in [-0.25, -0.2) is 0 Å². The molecule has 0 aliphatic heterocycles. The van der Waals surface area contributed by atoms with Crippen molar-refractivity contribution in [3.05, 3.63) is 64.7 Å². The van der Waals surface area contributed by atoms with Crippen LogP contribution in [-0.2, 0) is 5.75 Å². The molecule has 0 unspecified atom stereocenters. The van der Waals surface area contributed by atoms with Gasteiger partial charge in [-0.1, -0.05) is 55.4 Å². The van der Waals surface area contributed by atoms with Gasteiger partial charge in [-0.15, -0.1) is 5.10 Å². The summed E-state index contributed by atoms with van der Waals surface area (Å²) in [5.74, 6) is 1.69. The molecule has 2 aromatic carbocycles. The predicted molar refractivity (Wildman–Crippen MR) is 113 cm³/mol. The van der Waals surface area contributed by atoms with Gasteiger partial charge in [-0.2, -0.15) is 5.10 Å². The molecule has 0 heterocycles. The maximum atomic E-state index is 5.93. The molecule has 0 fully saturated rings. The van der Waals surface area contributed by atoms with E-state index in [0.29, 0.717) is 5.17 Å². The molecule has 0 aromatic heterocycles. The zero-order valence-corrected chi connectivity index (χ0v) is 16.6. The molecule has 138 valence electrons. The van der Waals surface area contributed by atoms with Crippen molar-refractivity contribution in [1.29, 1.82) is 0 Å². The van der Waals surface area contributed by atoms with E-state index in [1.807, 2.05) is 30.3 Å². The number of hydrogen-bond donors (Lipinski definition) is 1. The maximum absolute atomic E-state index is 5.93. The standard InChI is InChI=1S/C21H27N3OS/c1-4-5-11-25-19-12-16(2)20(17(3)13-19)14-23-24-21(22)26-15-18-9-7-6-8-10-18/h6-10,12-14H,4-5,11,15H2,1-3H3,(H2,22,24). The van der Waals surface area contributed by atoms with Crippen molar-refractivity contribution in [2.45, 2.75) is 39.4 Å². The van der Waals surface area contributed by atoms with Gasteiger partial charge in [0.2, 0.25) is 0 Å². The van der Waals surface area contributed by atoms with Gasteiger partial charge in [0, 0.05) is 11.3 Å². The van der Waals surface area contributed by atoms with Crippen LogP contribution in [0.3, 0.4) is 0 Å². The Hall–Kier alpha value is -2.27. The van der Waals surface area contributed by atoms with Crippen LogP contribution >= 0.6 is 11.8 Å². The summed E-state index contributed by atoms with van der Waals surface area (Å²) in [7, 11) is 0. The molecule has 0 bridgehead atoms. The lowest BCUT2D eigenvalue weighted by Gasteiger charge is -2.10. The van der Waals surface area contributed by atoms with E-state index in [9.17, 15) is 0 Å². The second-order valence-corrected chi connectivity index (χ2v) is 7.13. The first-order valence-corrected chi connectivity index (χ1v) is 9.86. The predicted octanol–water partition coefficient (Wildman–Crippen LogP) is 5.06. The molecule has 0 amide bonds. The Balaban J connectivity index is 1.96. The van der Waals surface area contributed by atoms with E-state index in [1.165, 1.54) is 17.3 Å². The summed E-state index contributed by atoms with van der Waals surface area (Å²) in [6.45, 7) is 7.02. The lowest BCUT2D eigenvalue weighted by atomic mass is 10.0. The van der Waals surface area contributed by atoms with Crippen LogP contribution in [0, 0.1) is 13.8 Å². The number of nitrogens with zero attached hydrogens (tertiary/aromatic N) is 2. The van der Waals surface area contributed by atoms with E-state index in [2.05, 4.69) is 43.1 Å². The monoisotopic (exact) mass is 369 g/mol. The molecular formula is C21H27N3OS. The van der Waals surface area contributed by atoms with Crippen LogP contribution in [0.1, 0.15) is 42.0 Å². The Morgan fingerprint density at radius 2 is 1.85 bits per heavy atom. The highest BCUT2D eigenvalue weighted by Crippen LogP contribution is 2.21. The number of amidine groups is 1. The molecule has 0 atom stereocenters. The maximum Gasteiger partial charge on any atom is 0.180 e.